The molecule has 5 amide bonds. The van der Waals surface area contributed by atoms with Gasteiger partial charge in [-0.3, -0.25) is 19.3 Å². The molecule has 1 aliphatic heterocycles. The summed E-state index contributed by atoms with van der Waals surface area (Å²) in [4.78, 5) is 52.3. The normalized spacial score (nSPS) is 17.7. The van der Waals surface area contributed by atoms with E-state index in [0.29, 0.717) is 29.2 Å². The molecule has 1 unspecified atom stereocenters. The second-order valence-corrected chi connectivity index (χ2v) is 7.67. The third-order valence-corrected chi connectivity index (χ3v) is 5.51. The molecule has 0 aliphatic carbocycles. The first-order valence-electron chi connectivity index (χ1n) is 10.4. The van der Waals surface area contributed by atoms with Crippen LogP contribution in [0.1, 0.15) is 36.7 Å². The highest BCUT2D eigenvalue weighted by molar-refractivity contribution is 6.10. The zero-order chi connectivity index (χ0) is 24.3. The minimum atomic E-state index is -1.85. The Morgan fingerprint density at radius 2 is 1.70 bits per heavy atom. The molecule has 2 N–H and O–H groups in total. The van der Waals surface area contributed by atoms with Crippen molar-refractivity contribution in [3.05, 3.63) is 65.2 Å². The highest BCUT2D eigenvalue weighted by Gasteiger charge is 2.50. The fourth-order valence-electron chi connectivity index (χ4n) is 3.64. The number of halogens is 2. The third kappa shape index (κ3) is 4.69. The number of carbonyl (C=O) groups excluding carboxylic acids is 4. The quantitative estimate of drug-likeness (QED) is 0.624. The lowest BCUT2D eigenvalue weighted by molar-refractivity contribution is -0.133. The molecule has 8 nitrogen and oxygen atoms in total. The number of carbonyl (C=O) groups is 4. The highest BCUT2D eigenvalue weighted by Crippen LogP contribution is 2.31. The Morgan fingerprint density at radius 3 is 2.30 bits per heavy atom. The van der Waals surface area contributed by atoms with Gasteiger partial charge in [-0.2, -0.15) is 0 Å². The molecule has 1 aliphatic rings. The van der Waals surface area contributed by atoms with Crippen LogP contribution in [0, 0.1) is 11.6 Å². The van der Waals surface area contributed by atoms with E-state index >= 15 is 0 Å². The smallest absolute Gasteiger partial charge is 0.325 e. The first-order valence-corrected chi connectivity index (χ1v) is 10.4. The van der Waals surface area contributed by atoms with Gasteiger partial charge < -0.3 is 15.5 Å². The number of rotatable bonds is 7. The summed E-state index contributed by atoms with van der Waals surface area (Å²) in [6.07, 6.45) is 0. The number of amides is 5. The summed E-state index contributed by atoms with van der Waals surface area (Å²) in [6, 6.07) is 7.88. The van der Waals surface area contributed by atoms with Crippen molar-refractivity contribution in [1.82, 2.24) is 15.1 Å². The summed E-state index contributed by atoms with van der Waals surface area (Å²) >= 11 is 0. The van der Waals surface area contributed by atoms with Crippen LogP contribution in [0.15, 0.2) is 42.5 Å². The van der Waals surface area contributed by atoms with Crippen molar-refractivity contribution >= 4 is 29.4 Å². The summed E-state index contributed by atoms with van der Waals surface area (Å²) < 4.78 is 27.8. The molecule has 0 radical (unpaired) electrons. The van der Waals surface area contributed by atoms with Gasteiger partial charge in [-0.05, 0) is 63.2 Å². The topological polar surface area (TPSA) is 98.8 Å². The van der Waals surface area contributed by atoms with Crippen LogP contribution in [0.5, 0.6) is 0 Å². The van der Waals surface area contributed by atoms with E-state index in [4.69, 9.17) is 0 Å². The van der Waals surface area contributed by atoms with Gasteiger partial charge in [-0.15, -0.1) is 0 Å². The molecule has 1 atom stereocenters. The molecule has 1 fully saturated rings. The Labute approximate surface area is 189 Å². The Balaban J connectivity index is 1.69. The van der Waals surface area contributed by atoms with Gasteiger partial charge in [0.2, 0.25) is 5.91 Å². The van der Waals surface area contributed by atoms with Gasteiger partial charge in [0.15, 0.2) is 0 Å². The highest BCUT2D eigenvalue weighted by atomic mass is 19.1. The standard InChI is InChI=1S/C23H24F2N4O4/c1-4-28(5-2)20(31)14-6-9-16(10-7-14)26-19(30)13-29-21(32)23(3,27-22(29)33)17-12-15(24)8-11-18(17)25/h6-12H,4-5,13H2,1-3H3,(H,26,30)(H,27,33). The van der Waals surface area contributed by atoms with Gasteiger partial charge in [0.05, 0.1) is 0 Å². The maximum atomic E-state index is 14.2. The van der Waals surface area contributed by atoms with E-state index in [2.05, 4.69) is 10.6 Å². The maximum absolute atomic E-state index is 14.2. The summed E-state index contributed by atoms with van der Waals surface area (Å²) in [7, 11) is 0. The Morgan fingerprint density at radius 1 is 1.06 bits per heavy atom. The molecule has 0 aromatic heterocycles. The number of nitrogens with zero attached hydrogens (tertiary/aromatic N) is 2. The van der Waals surface area contributed by atoms with E-state index < -0.39 is 41.6 Å². The van der Waals surface area contributed by atoms with Crippen molar-refractivity contribution in [2.24, 2.45) is 0 Å². The second kappa shape index (κ2) is 9.35. The second-order valence-electron chi connectivity index (χ2n) is 7.67. The van der Waals surface area contributed by atoms with E-state index in [9.17, 15) is 28.0 Å². The third-order valence-electron chi connectivity index (χ3n) is 5.51. The van der Waals surface area contributed by atoms with Crippen molar-refractivity contribution in [3.8, 4) is 0 Å². The number of urea groups is 1. The monoisotopic (exact) mass is 458 g/mol. The Kier molecular flexibility index (Phi) is 6.75. The molecule has 10 heteroatoms. The van der Waals surface area contributed by atoms with Crippen LogP contribution >= 0.6 is 0 Å². The molecule has 0 bridgehead atoms. The molecule has 1 saturated heterocycles. The first kappa shape index (κ1) is 23.8. The molecular formula is C23H24F2N4O4. The van der Waals surface area contributed by atoms with Crippen molar-refractivity contribution in [2.45, 2.75) is 26.3 Å². The summed E-state index contributed by atoms with van der Waals surface area (Å²) in [5, 5.41) is 4.88. The van der Waals surface area contributed by atoms with Gasteiger partial charge in [0.25, 0.3) is 11.8 Å². The van der Waals surface area contributed by atoms with Crippen LogP contribution in [-0.2, 0) is 15.1 Å². The number of benzene rings is 2. The van der Waals surface area contributed by atoms with E-state index in [-0.39, 0.29) is 11.5 Å². The summed E-state index contributed by atoms with van der Waals surface area (Å²) in [5.74, 6) is -3.33. The predicted octanol–water partition coefficient (Wildman–Crippen LogP) is 2.85. The summed E-state index contributed by atoms with van der Waals surface area (Å²) in [5.41, 5.74) is -1.37. The molecule has 1 heterocycles. The lowest BCUT2D eigenvalue weighted by Gasteiger charge is -2.22. The van der Waals surface area contributed by atoms with Crippen molar-refractivity contribution < 1.29 is 28.0 Å². The van der Waals surface area contributed by atoms with Crippen molar-refractivity contribution in [1.29, 1.82) is 0 Å². The zero-order valence-electron chi connectivity index (χ0n) is 18.4. The van der Waals surface area contributed by atoms with Crippen LogP contribution in [-0.4, -0.2) is 53.2 Å². The maximum Gasteiger partial charge on any atom is 0.325 e. The van der Waals surface area contributed by atoms with Gasteiger partial charge >= 0.3 is 6.03 Å². The minimum Gasteiger partial charge on any atom is -0.339 e. The van der Waals surface area contributed by atoms with Gasteiger partial charge in [-0.25, -0.2) is 13.6 Å². The number of nitrogens with one attached hydrogen (secondary N) is 2. The van der Waals surface area contributed by atoms with Gasteiger partial charge in [-0.1, -0.05) is 0 Å². The van der Waals surface area contributed by atoms with Crippen LogP contribution in [0.4, 0.5) is 19.3 Å². The number of hydrogen-bond donors (Lipinski definition) is 2. The van der Waals surface area contributed by atoms with E-state index in [1.54, 1.807) is 17.0 Å². The average Bonchev–Trinajstić information content (AvgIpc) is 3.00. The average molecular weight is 458 g/mol. The first-order chi connectivity index (χ1) is 15.6. The Hall–Kier alpha value is -3.82. The lowest BCUT2D eigenvalue weighted by atomic mass is 9.91. The van der Waals surface area contributed by atoms with Gasteiger partial charge in [0.1, 0.15) is 23.7 Å². The molecule has 2 aromatic rings. The molecule has 0 spiro atoms. The molecule has 2 aromatic carbocycles. The molecule has 3 rings (SSSR count). The SMILES string of the molecule is CCN(CC)C(=O)c1ccc(NC(=O)CN2C(=O)NC(C)(c3cc(F)ccc3F)C2=O)cc1. The molecule has 33 heavy (non-hydrogen) atoms. The summed E-state index contributed by atoms with van der Waals surface area (Å²) in [6.45, 7) is 5.50. The van der Waals surface area contributed by atoms with Crippen LogP contribution in [0.25, 0.3) is 0 Å². The van der Waals surface area contributed by atoms with Crippen molar-refractivity contribution in [2.75, 3.05) is 25.0 Å². The fourth-order valence-corrected chi connectivity index (χ4v) is 3.64. The minimum absolute atomic E-state index is 0.138. The van der Waals surface area contributed by atoms with Crippen LogP contribution in [0.3, 0.4) is 0 Å². The van der Waals surface area contributed by atoms with Crippen LogP contribution in [0.2, 0.25) is 0 Å². The van der Waals surface area contributed by atoms with Crippen molar-refractivity contribution in [3.63, 3.8) is 0 Å². The lowest BCUT2D eigenvalue weighted by Crippen LogP contribution is -2.42. The number of imide groups is 1. The fraction of sp³-hybridized carbons (Fsp3) is 0.304. The predicted molar refractivity (Wildman–Crippen MR) is 116 cm³/mol. The van der Waals surface area contributed by atoms with E-state index in [1.807, 2.05) is 13.8 Å². The molecule has 0 saturated carbocycles. The molecule has 174 valence electrons. The van der Waals surface area contributed by atoms with E-state index in [1.165, 1.54) is 19.1 Å². The zero-order valence-corrected chi connectivity index (χ0v) is 18.4. The number of hydrogen-bond acceptors (Lipinski definition) is 4. The number of anilines is 1. The Bertz CT molecular complexity index is 1100. The van der Waals surface area contributed by atoms with Crippen LogP contribution < -0.4 is 10.6 Å². The van der Waals surface area contributed by atoms with Gasteiger partial charge in [0, 0.05) is 29.9 Å². The molecular weight excluding hydrogens is 434 g/mol. The van der Waals surface area contributed by atoms with E-state index in [0.717, 1.165) is 18.2 Å². The largest absolute Gasteiger partial charge is 0.339 e.